The number of hydrogen-bond donors (Lipinski definition) is 0. The maximum Gasteiger partial charge on any atom is 0.332 e. The number of nitrogens with zero attached hydrogens (tertiary/aromatic N) is 5. The van der Waals surface area contributed by atoms with Gasteiger partial charge in [-0.15, -0.1) is 0 Å². The Morgan fingerprint density at radius 3 is 2.68 bits per heavy atom. The van der Waals surface area contributed by atoms with Crippen LogP contribution in [-0.2, 0) is 26.1 Å². The first-order valence-electron chi connectivity index (χ1n) is 10.5. The smallest absolute Gasteiger partial charge is 0.332 e. The highest BCUT2D eigenvalue weighted by molar-refractivity contribution is 5.25. The predicted octanol–water partition coefficient (Wildman–Crippen LogP) is 1.31. The Morgan fingerprint density at radius 1 is 1.03 bits per heavy atom. The van der Waals surface area contributed by atoms with Gasteiger partial charge in [0.1, 0.15) is 5.82 Å². The van der Waals surface area contributed by atoms with Crippen molar-refractivity contribution >= 4 is 0 Å². The van der Waals surface area contributed by atoms with Crippen LogP contribution in [0.4, 0.5) is 0 Å². The van der Waals surface area contributed by atoms with Gasteiger partial charge in [-0.1, -0.05) is 36.4 Å². The van der Waals surface area contributed by atoms with E-state index in [0.717, 1.165) is 37.2 Å². The van der Waals surface area contributed by atoms with E-state index in [4.69, 9.17) is 4.74 Å². The van der Waals surface area contributed by atoms with Gasteiger partial charge in [-0.3, -0.25) is 19.1 Å². The second-order valence-corrected chi connectivity index (χ2v) is 8.57. The normalized spacial score (nSPS) is 20.3. The van der Waals surface area contributed by atoms with Crippen molar-refractivity contribution in [1.29, 1.82) is 0 Å². The number of rotatable bonds is 5. The van der Waals surface area contributed by atoms with E-state index in [1.165, 1.54) is 4.68 Å². The molecule has 5 rings (SSSR count). The van der Waals surface area contributed by atoms with E-state index in [9.17, 15) is 9.59 Å². The third-order valence-corrected chi connectivity index (χ3v) is 6.37. The van der Waals surface area contributed by atoms with Crippen molar-refractivity contribution in [1.82, 2.24) is 24.2 Å². The highest BCUT2D eigenvalue weighted by Gasteiger charge is 2.44. The highest BCUT2D eigenvalue weighted by Crippen LogP contribution is 2.39. The predicted molar refractivity (Wildman–Crippen MR) is 115 cm³/mol. The van der Waals surface area contributed by atoms with Crippen LogP contribution >= 0.6 is 0 Å². The summed E-state index contributed by atoms with van der Waals surface area (Å²) in [6, 6.07) is 13.6. The number of benzene rings is 1. The molecular weight excluding hydrogens is 394 g/mol. The maximum absolute atomic E-state index is 12.8. The fourth-order valence-electron chi connectivity index (χ4n) is 4.87. The van der Waals surface area contributed by atoms with Crippen molar-refractivity contribution in [3.8, 4) is 5.88 Å². The van der Waals surface area contributed by atoms with Crippen molar-refractivity contribution in [3.63, 3.8) is 0 Å². The molecule has 0 amide bonds. The molecule has 2 aromatic heterocycles. The summed E-state index contributed by atoms with van der Waals surface area (Å²) in [5.41, 5.74) is 0.916. The number of fused-ring (bicyclic) bond motifs is 1. The van der Waals surface area contributed by atoms with Gasteiger partial charge < -0.3 is 4.74 Å². The lowest BCUT2D eigenvalue weighted by molar-refractivity contribution is 0.243. The van der Waals surface area contributed by atoms with Crippen molar-refractivity contribution in [2.45, 2.75) is 32.5 Å². The first kappa shape index (κ1) is 19.7. The average molecular weight is 419 g/mol. The van der Waals surface area contributed by atoms with E-state index in [1.807, 2.05) is 42.5 Å². The second-order valence-electron chi connectivity index (χ2n) is 8.57. The lowest BCUT2D eigenvalue weighted by Crippen LogP contribution is -2.43. The summed E-state index contributed by atoms with van der Waals surface area (Å²) >= 11 is 0. The van der Waals surface area contributed by atoms with Gasteiger partial charge in [0.05, 0.1) is 13.7 Å². The maximum atomic E-state index is 12.8. The minimum absolute atomic E-state index is 0.0625. The molecule has 160 valence electrons. The number of ether oxygens (including phenoxy) is 1. The molecule has 2 aliphatic heterocycles. The molecule has 0 bridgehead atoms. The van der Waals surface area contributed by atoms with E-state index < -0.39 is 11.1 Å². The minimum Gasteiger partial charge on any atom is -0.481 e. The topological polar surface area (TPSA) is 82.2 Å². The molecule has 0 radical (unpaired) electrons. The standard InChI is InChI=1S/C23H25N5O3/c1-31-20-18(8-5-10-24-20)14-26-11-9-23(15-26)12-19-25-28(13-17-6-3-2-4-7-17)22(30)21(29)27(19)16-23/h2-8,10H,9,11-16H2,1H3/t23-/m1/s1. The number of aromatic nitrogens is 4. The van der Waals surface area contributed by atoms with Crippen LogP contribution in [0, 0.1) is 5.41 Å². The summed E-state index contributed by atoms with van der Waals surface area (Å²) in [4.78, 5) is 32.1. The van der Waals surface area contributed by atoms with Crippen molar-refractivity contribution in [2.75, 3.05) is 20.2 Å². The van der Waals surface area contributed by atoms with Crippen LogP contribution in [0.1, 0.15) is 23.4 Å². The van der Waals surface area contributed by atoms with Gasteiger partial charge >= 0.3 is 11.1 Å². The fraction of sp³-hybridized carbons (Fsp3) is 0.391. The Labute approximate surface area is 179 Å². The van der Waals surface area contributed by atoms with Gasteiger partial charge in [-0.05, 0) is 24.6 Å². The molecule has 3 aromatic rings. The summed E-state index contributed by atoms with van der Waals surface area (Å²) in [6.45, 7) is 3.38. The molecule has 0 N–H and O–H groups in total. The molecule has 0 unspecified atom stereocenters. The quantitative estimate of drug-likeness (QED) is 0.580. The number of methoxy groups -OCH3 is 1. The molecular formula is C23H25N5O3. The molecule has 4 heterocycles. The molecule has 1 saturated heterocycles. The van der Waals surface area contributed by atoms with E-state index in [2.05, 4.69) is 15.0 Å². The Kier molecular flexibility index (Phi) is 4.94. The molecule has 8 heteroatoms. The highest BCUT2D eigenvalue weighted by atomic mass is 16.5. The monoisotopic (exact) mass is 419 g/mol. The first-order chi connectivity index (χ1) is 15.1. The van der Waals surface area contributed by atoms with Gasteiger partial charge in [0, 0.05) is 43.2 Å². The van der Waals surface area contributed by atoms with Crippen LogP contribution in [0.15, 0.2) is 58.3 Å². The Balaban J connectivity index is 1.36. The summed E-state index contributed by atoms with van der Waals surface area (Å²) in [6.07, 6.45) is 3.40. The number of pyridine rings is 1. The van der Waals surface area contributed by atoms with Gasteiger partial charge in [0.2, 0.25) is 5.88 Å². The first-order valence-corrected chi connectivity index (χ1v) is 10.5. The lowest BCUT2D eigenvalue weighted by Gasteiger charge is -2.23. The number of likely N-dealkylation sites (tertiary alicyclic amines) is 1. The zero-order valence-corrected chi connectivity index (χ0v) is 17.5. The SMILES string of the molecule is COc1ncccc1CN1CC[C@@]2(Cc3nn(Cc4ccccc4)c(=O)c(=O)n3C2)C1. The molecule has 1 aromatic carbocycles. The summed E-state index contributed by atoms with van der Waals surface area (Å²) < 4.78 is 8.29. The molecule has 1 spiro atoms. The third kappa shape index (κ3) is 3.67. The summed E-state index contributed by atoms with van der Waals surface area (Å²) in [5.74, 6) is 1.36. The molecule has 2 aliphatic rings. The average Bonchev–Trinajstić information content (AvgIpc) is 3.35. The summed E-state index contributed by atoms with van der Waals surface area (Å²) in [5, 5.41) is 4.58. The molecule has 0 saturated carbocycles. The third-order valence-electron chi connectivity index (χ3n) is 6.37. The number of hydrogen-bond acceptors (Lipinski definition) is 6. The van der Waals surface area contributed by atoms with Crippen molar-refractivity contribution in [3.05, 3.63) is 86.3 Å². The van der Waals surface area contributed by atoms with Crippen LogP contribution in [0.5, 0.6) is 5.88 Å². The molecule has 8 nitrogen and oxygen atoms in total. The van der Waals surface area contributed by atoms with E-state index in [1.54, 1.807) is 17.9 Å². The van der Waals surface area contributed by atoms with Gasteiger partial charge in [-0.2, -0.15) is 5.10 Å². The molecule has 1 atom stereocenters. The van der Waals surface area contributed by atoms with Gasteiger partial charge in [-0.25, -0.2) is 9.67 Å². The minimum atomic E-state index is -0.556. The van der Waals surface area contributed by atoms with E-state index >= 15 is 0 Å². The molecule has 1 fully saturated rings. The second kappa shape index (κ2) is 7.77. The van der Waals surface area contributed by atoms with Crippen LogP contribution in [0.2, 0.25) is 0 Å². The van der Waals surface area contributed by atoms with Crippen LogP contribution < -0.4 is 15.9 Å². The van der Waals surface area contributed by atoms with Crippen LogP contribution in [-0.4, -0.2) is 44.4 Å². The van der Waals surface area contributed by atoms with Crippen molar-refractivity contribution < 1.29 is 4.74 Å². The Hall–Kier alpha value is -3.26. The lowest BCUT2D eigenvalue weighted by atomic mass is 9.86. The van der Waals surface area contributed by atoms with Crippen LogP contribution in [0.3, 0.4) is 0 Å². The zero-order valence-electron chi connectivity index (χ0n) is 17.5. The molecule has 0 aliphatic carbocycles. The summed E-state index contributed by atoms with van der Waals surface area (Å²) in [7, 11) is 1.63. The molecule has 31 heavy (non-hydrogen) atoms. The Bertz CT molecular complexity index is 1220. The van der Waals surface area contributed by atoms with Crippen molar-refractivity contribution in [2.24, 2.45) is 5.41 Å². The zero-order chi connectivity index (χ0) is 21.4. The van der Waals surface area contributed by atoms with E-state index in [-0.39, 0.29) is 5.41 Å². The van der Waals surface area contributed by atoms with E-state index in [0.29, 0.717) is 31.2 Å². The van der Waals surface area contributed by atoms with Gasteiger partial charge in [0.15, 0.2) is 0 Å². The largest absolute Gasteiger partial charge is 0.481 e. The van der Waals surface area contributed by atoms with Gasteiger partial charge in [0.25, 0.3) is 0 Å². The Morgan fingerprint density at radius 2 is 1.87 bits per heavy atom. The fourth-order valence-corrected chi connectivity index (χ4v) is 4.87. The van der Waals surface area contributed by atoms with Crippen LogP contribution in [0.25, 0.3) is 0 Å².